The van der Waals surface area contributed by atoms with Crippen LogP contribution in [-0.4, -0.2) is 10.7 Å². The molecular formula is C15H16BrFO. The molecule has 0 aliphatic heterocycles. The first kappa shape index (κ1) is 14.9. The minimum Gasteiger partial charge on any atom is -0.373 e. The molecule has 1 aromatic rings. The smallest absolute Gasteiger partial charge is 0.157 e. The minimum absolute atomic E-state index is 0.293. The molecule has 1 atom stereocenters. The number of benzene rings is 1. The highest BCUT2D eigenvalue weighted by Crippen LogP contribution is 2.26. The third kappa shape index (κ3) is 3.97. The second-order valence-electron chi connectivity index (χ2n) is 3.93. The Morgan fingerprint density at radius 1 is 1.39 bits per heavy atom. The summed E-state index contributed by atoms with van der Waals surface area (Å²) >= 11 is 3.35. The molecule has 1 N–H and O–H groups in total. The summed E-state index contributed by atoms with van der Waals surface area (Å²) in [6.07, 6.45) is 3.20. The van der Waals surface area contributed by atoms with Gasteiger partial charge in [0.15, 0.2) is 5.60 Å². The molecule has 96 valence electrons. The van der Waals surface area contributed by atoms with Crippen molar-refractivity contribution in [2.45, 2.75) is 32.3 Å². The van der Waals surface area contributed by atoms with E-state index < -0.39 is 5.60 Å². The van der Waals surface area contributed by atoms with Crippen LogP contribution in [0.15, 0.2) is 34.8 Å². The molecule has 1 unspecified atom stereocenters. The van der Waals surface area contributed by atoms with Gasteiger partial charge in [-0.1, -0.05) is 47.7 Å². The van der Waals surface area contributed by atoms with Crippen molar-refractivity contribution >= 4 is 15.9 Å². The van der Waals surface area contributed by atoms with Crippen LogP contribution in [0.5, 0.6) is 0 Å². The Morgan fingerprint density at radius 2 is 2.00 bits per heavy atom. The van der Waals surface area contributed by atoms with Gasteiger partial charge in [-0.05, 0) is 37.1 Å². The molecular weight excluding hydrogens is 295 g/mol. The predicted molar refractivity (Wildman–Crippen MR) is 75.8 cm³/mol. The maximum absolute atomic E-state index is 12.7. The zero-order valence-corrected chi connectivity index (χ0v) is 12.1. The minimum atomic E-state index is -1.18. The molecule has 0 aliphatic rings. The average Bonchev–Trinajstić information content (AvgIpc) is 2.38. The highest BCUT2D eigenvalue weighted by atomic mass is 79.9. The summed E-state index contributed by atoms with van der Waals surface area (Å²) in [6, 6.07) is 5.89. The fourth-order valence-electron chi connectivity index (χ4n) is 1.37. The first-order valence-corrected chi connectivity index (χ1v) is 6.68. The molecule has 0 aliphatic carbocycles. The van der Waals surface area contributed by atoms with Crippen LogP contribution in [0.1, 0.15) is 32.3 Å². The van der Waals surface area contributed by atoms with Crippen LogP contribution in [0.3, 0.4) is 0 Å². The van der Waals surface area contributed by atoms with E-state index in [-0.39, 0.29) is 5.82 Å². The molecule has 0 aromatic heterocycles. The Labute approximate surface area is 116 Å². The quantitative estimate of drug-likeness (QED) is 0.836. The van der Waals surface area contributed by atoms with E-state index in [4.69, 9.17) is 0 Å². The molecule has 0 fully saturated rings. The van der Waals surface area contributed by atoms with Crippen molar-refractivity contribution in [3.8, 4) is 11.8 Å². The molecule has 1 rings (SSSR count). The van der Waals surface area contributed by atoms with E-state index in [1.54, 1.807) is 12.1 Å². The van der Waals surface area contributed by atoms with Crippen molar-refractivity contribution in [3.63, 3.8) is 0 Å². The number of halogens is 2. The molecule has 18 heavy (non-hydrogen) atoms. The van der Waals surface area contributed by atoms with Crippen LogP contribution >= 0.6 is 15.9 Å². The molecule has 0 radical (unpaired) electrons. The highest BCUT2D eigenvalue weighted by molar-refractivity contribution is 9.11. The average molecular weight is 311 g/mol. The van der Waals surface area contributed by atoms with Gasteiger partial charge in [0.1, 0.15) is 5.82 Å². The van der Waals surface area contributed by atoms with Gasteiger partial charge in [-0.3, -0.25) is 0 Å². The summed E-state index contributed by atoms with van der Waals surface area (Å²) in [4.78, 5) is 0. The van der Waals surface area contributed by atoms with Crippen molar-refractivity contribution in [3.05, 3.63) is 46.2 Å². The van der Waals surface area contributed by atoms with E-state index in [0.29, 0.717) is 16.5 Å². The van der Waals surface area contributed by atoms with Crippen LogP contribution in [0.2, 0.25) is 0 Å². The molecule has 0 saturated heterocycles. The molecule has 1 aromatic carbocycles. The van der Waals surface area contributed by atoms with Crippen LogP contribution in [-0.2, 0) is 0 Å². The second kappa shape index (κ2) is 6.72. The highest BCUT2D eigenvalue weighted by Gasteiger charge is 2.25. The Kier molecular flexibility index (Phi) is 5.58. The van der Waals surface area contributed by atoms with E-state index >= 15 is 0 Å². The second-order valence-corrected chi connectivity index (χ2v) is 4.79. The molecule has 0 spiro atoms. The van der Waals surface area contributed by atoms with Gasteiger partial charge >= 0.3 is 0 Å². The SMILES string of the molecule is CC/C=C(/Br)C(O)(C#Cc1ccc(F)cc1)CC. The Hall–Kier alpha value is -1.11. The van der Waals surface area contributed by atoms with Gasteiger partial charge in [0.05, 0.1) is 0 Å². The van der Waals surface area contributed by atoms with E-state index in [1.165, 1.54) is 12.1 Å². The summed E-state index contributed by atoms with van der Waals surface area (Å²) in [5.74, 6) is 5.41. The zero-order valence-electron chi connectivity index (χ0n) is 10.5. The summed E-state index contributed by atoms with van der Waals surface area (Å²) in [5.41, 5.74) is -0.496. The Bertz CT molecular complexity index is 481. The van der Waals surface area contributed by atoms with Crippen LogP contribution in [0, 0.1) is 17.7 Å². The van der Waals surface area contributed by atoms with Crippen molar-refractivity contribution in [2.24, 2.45) is 0 Å². The van der Waals surface area contributed by atoms with Gasteiger partial charge in [0.25, 0.3) is 0 Å². The molecule has 0 saturated carbocycles. The van der Waals surface area contributed by atoms with Gasteiger partial charge < -0.3 is 5.11 Å². The van der Waals surface area contributed by atoms with Crippen LogP contribution in [0.4, 0.5) is 4.39 Å². The molecule has 1 nitrogen and oxygen atoms in total. The van der Waals surface area contributed by atoms with Gasteiger partial charge in [0.2, 0.25) is 0 Å². The fraction of sp³-hybridized carbons (Fsp3) is 0.333. The molecule has 3 heteroatoms. The third-order valence-electron chi connectivity index (χ3n) is 2.55. The van der Waals surface area contributed by atoms with Crippen molar-refractivity contribution < 1.29 is 9.50 Å². The lowest BCUT2D eigenvalue weighted by atomic mass is 10.00. The fourth-order valence-corrected chi connectivity index (χ4v) is 2.08. The predicted octanol–water partition coefficient (Wildman–Crippen LogP) is 4.01. The monoisotopic (exact) mass is 310 g/mol. The number of hydrogen-bond donors (Lipinski definition) is 1. The van der Waals surface area contributed by atoms with E-state index in [2.05, 4.69) is 27.8 Å². The van der Waals surface area contributed by atoms with Gasteiger partial charge in [-0.15, -0.1) is 0 Å². The summed E-state index contributed by atoms with van der Waals surface area (Å²) in [6.45, 7) is 3.86. The largest absolute Gasteiger partial charge is 0.373 e. The van der Waals surface area contributed by atoms with Crippen LogP contribution < -0.4 is 0 Å². The first-order chi connectivity index (χ1) is 8.51. The Morgan fingerprint density at radius 3 is 2.50 bits per heavy atom. The van der Waals surface area contributed by atoms with Gasteiger partial charge in [-0.25, -0.2) is 4.39 Å². The third-order valence-corrected chi connectivity index (χ3v) is 3.53. The number of aliphatic hydroxyl groups is 1. The zero-order chi connectivity index (χ0) is 13.6. The molecule has 0 amide bonds. The molecule has 0 bridgehead atoms. The van der Waals surface area contributed by atoms with E-state index in [0.717, 1.165) is 6.42 Å². The maximum Gasteiger partial charge on any atom is 0.157 e. The lowest BCUT2D eigenvalue weighted by Gasteiger charge is -2.19. The van der Waals surface area contributed by atoms with E-state index in [9.17, 15) is 9.50 Å². The van der Waals surface area contributed by atoms with Gasteiger partial charge in [0, 0.05) is 10.0 Å². The summed E-state index contributed by atoms with van der Waals surface area (Å²) in [5, 5.41) is 10.4. The topological polar surface area (TPSA) is 20.2 Å². The van der Waals surface area contributed by atoms with Crippen LogP contribution in [0.25, 0.3) is 0 Å². The first-order valence-electron chi connectivity index (χ1n) is 5.89. The summed E-state index contributed by atoms with van der Waals surface area (Å²) < 4.78 is 13.4. The lowest BCUT2D eigenvalue weighted by Crippen LogP contribution is -2.25. The Balaban J connectivity index is 3.00. The number of rotatable bonds is 3. The standard InChI is InChI=1S/C15H16BrFO/c1-3-5-14(16)15(18,4-2)11-10-12-6-8-13(17)9-7-12/h5-9,18H,3-4H2,1-2H3/b14-5+. The van der Waals surface area contributed by atoms with Crippen molar-refractivity contribution in [1.82, 2.24) is 0 Å². The number of hydrogen-bond acceptors (Lipinski definition) is 1. The normalized spacial score (nSPS) is 14.6. The lowest BCUT2D eigenvalue weighted by molar-refractivity contribution is 0.145. The van der Waals surface area contributed by atoms with E-state index in [1.807, 2.05) is 19.9 Å². The maximum atomic E-state index is 12.7. The van der Waals surface area contributed by atoms with Gasteiger partial charge in [-0.2, -0.15) is 0 Å². The summed E-state index contributed by atoms with van der Waals surface area (Å²) in [7, 11) is 0. The number of allylic oxidation sites excluding steroid dienone is 1. The molecule has 0 heterocycles. The van der Waals surface area contributed by atoms with Crippen molar-refractivity contribution in [1.29, 1.82) is 0 Å². The van der Waals surface area contributed by atoms with Crippen molar-refractivity contribution in [2.75, 3.05) is 0 Å².